The van der Waals surface area contributed by atoms with Gasteiger partial charge in [0.1, 0.15) is 0 Å². The molecule has 0 unspecified atom stereocenters. The second-order valence-corrected chi connectivity index (χ2v) is 9.55. The van der Waals surface area contributed by atoms with Crippen molar-refractivity contribution in [3.05, 3.63) is 91.6 Å². The van der Waals surface area contributed by atoms with Crippen molar-refractivity contribution in [1.29, 1.82) is 0 Å². The Morgan fingerprint density at radius 3 is 2.44 bits per heavy atom. The lowest BCUT2D eigenvalue weighted by Crippen LogP contribution is -2.27. The van der Waals surface area contributed by atoms with E-state index in [0.29, 0.717) is 38.2 Å². The molecule has 0 aliphatic carbocycles. The molecule has 176 valence electrons. The van der Waals surface area contributed by atoms with Crippen LogP contribution in [0.5, 0.6) is 0 Å². The van der Waals surface area contributed by atoms with Gasteiger partial charge in [0, 0.05) is 27.1 Å². The third kappa shape index (κ3) is 4.76. The first kappa shape index (κ1) is 24.4. The molecule has 0 saturated carbocycles. The van der Waals surface area contributed by atoms with Crippen LogP contribution in [-0.2, 0) is 17.5 Å². The number of aryl methyl sites for hydroxylation is 1. The molecule has 3 aromatic rings. The van der Waals surface area contributed by atoms with Gasteiger partial charge in [-0.3, -0.25) is 14.5 Å². The zero-order valence-electron chi connectivity index (χ0n) is 17.9. The first-order chi connectivity index (χ1) is 16.0. The van der Waals surface area contributed by atoms with Crippen molar-refractivity contribution < 1.29 is 22.8 Å². The molecular formula is C24H17Cl2F3N2O2S. The summed E-state index contributed by atoms with van der Waals surface area (Å²) in [7, 11) is 0. The summed E-state index contributed by atoms with van der Waals surface area (Å²) in [5.74, 6) is -0.468. The fourth-order valence-electron chi connectivity index (χ4n) is 3.75. The number of hydrogen-bond donors (Lipinski definition) is 0. The SMILES string of the molecule is Cc1cc(C=C2SC(=O)N(Cc3ccc(Cl)cc3Cl)C2=O)c(C)n1-c1cccc(C(F)(F)F)c1. The Labute approximate surface area is 207 Å². The summed E-state index contributed by atoms with van der Waals surface area (Å²) >= 11 is 12.9. The van der Waals surface area contributed by atoms with Gasteiger partial charge in [0.15, 0.2) is 0 Å². The Bertz CT molecular complexity index is 1350. The highest BCUT2D eigenvalue weighted by Crippen LogP contribution is 2.36. The van der Waals surface area contributed by atoms with Crippen molar-refractivity contribution in [2.75, 3.05) is 0 Å². The number of carbonyl (C=O) groups excluding carboxylic acids is 2. The molecule has 0 spiro atoms. The lowest BCUT2D eigenvalue weighted by molar-refractivity contribution is -0.137. The number of amides is 2. The van der Waals surface area contributed by atoms with Crippen molar-refractivity contribution in [3.63, 3.8) is 0 Å². The van der Waals surface area contributed by atoms with E-state index >= 15 is 0 Å². The van der Waals surface area contributed by atoms with Gasteiger partial charge in [0.2, 0.25) is 0 Å². The predicted octanol–water partition coefficient (Wildman–Crippen LogP) is 7.66. The first-order valence-electron chi connectivity index (χ1n) is 10.0. The zero-order chi connectivity index (χ0) is 24.8. The molecule has 2 amide bonds. The number of hydrogen-bond acceptors (Lipinski definition) is 3. The second kappa shape index (κ2) is 9.17. The van der Waals surface area contributed by atoms with Crippen molar-refractivity contribution >= 4 is 52.2 Å². The van der Waals surface area contributed by atoms with Gasteiger partial charge in [-0.2, -0.15) is 13.2 Å². The number of imide groups is 1. The number of thioether (sulfide) groups is 1. The largest absolute Gasteiger partial charge is 0.416 e. The van der Waals surface area contributed by atoms with Crippen LogP contribution in [-0.4, -0.2) is 20.6 Å². The van der Waals surface area contributed by atoms with E-state index in [1.54, 1.807) is 48.8 Å². The molecule has 1 fully saturated rings. The van der Waals surface area contributed by atoms with Gasteiger partial charge in [-0.1, -0.05) is 35.3 Å². The van der Waals surface area contributed by atoms with Crippen LogP contribution in [0.2, 0.25) is 10.0 Å². The van der Waals surface area contributed by atoms with E-state index in [9.17, 15) is 22.8 Å². The van der Waals surface area contributed by atoms with Crippen LogP contribution in [0.1, 0.15) is 28.1 Å². The molecule has 1 saturated heterocycles. The summed E-state index contributed by atoms with van der Waals surface area (Å²) in [6.45, 7) is 3.51. The molecule has 10 heteroatoms. The molecule has 0 N–H and O–H groups in total. The van der Waals surface area contributed by atoms with Crippen molar-refractivity contribution in [2.24, 2.45) is 0 Å². The number of benzene rings is 2. The third-order valence-corrected chi connectivity index (χ3v) is 6.90. The van der Waals surface area contributed by atoms with Gasteiger partial charge < -0.3 is 4.57 Å². The minimum absolute atomic E-state index is 0.00126. The maximum absolute atomic E-state index is 13.2. The van der Waals surface area contributed by atoms with Crippen LogP contribution in [0.3, 0.4) is 0 Å². The highest BCUT2D eigenvalue weighted by Gasteiger charge is 2.36. The fraction of sp³-hybridized carbons (Fsp3) is 0.167. The van der Waals surface area contributed by atoms with Gasteiger partial charge in [0.05, 0.1) is 17.0 Å². The average Bonchev–Trinajstić information content (AvgIpc) is 3.18. The molecule has 1 aliphatic heterocycles. The van der Waals surface area contributed by atoms with Crippen molar-refractivity contribution in [3.8, 4) is 5.69 Å². The van der Waals surface area contributed by atoms with E-state index in [0.717, 1.165) is 28.8 Å². The summed E-state index contributed by atoms with van der Waals surface area (Å²) in [6, 6.07) is 11.6. The number of rotatable bonds is 4. The van der Waals surface area contributed by atoms with Crippen LogP contribution in [0.25, 0.3) is 11.8 Å². The summed E-state index contributed by atoms with van der Waals surface area (Å²) in [5, 5.41) is 0.355. The van der Waals surface area contributed by atoms with Crippen LogP contribution >= 0.6 is 35.0 Å². The first-order valence-corrected chi connectivity index (χ1v) is 11.6. The molecule has 4 rings (SSSR count). The monoisotopic (exact) mass is 524 g/mol. The quantitative estimate of drug-likeness (QED) is 0.329. The van der Waals surface area contributed by atoms with Crippen LogP contribution in [0.15, 0.2) is 53.4 Å². The van der Waals surface area contributed by atoms with E-state index in [2.05, 4.69) is 0 Å². The molecule has 0 bridgehead atoms. The minimum Gasteiger partial charge on any atom is -0.318 e. The lowest BCUT2D eigenvalue weighted by atomic mass is 10.2. The fourth-order valence-corrected chi connectivity index (χ4v) is 5.05. The normalized spacial score (nSPS) is 15.6. The van der Waals surface area contributed by atoms with Gasteiger partial charge in [0.25, 0.3) is 11.1 Å². The van der Waals surface area contributed by atoms with E-state index in [1.807, 2.05) is 0 Å². The van der Waals surface area contributed by atoms with Gasteiger partial charge in [-0.25, -0.2) is 0 Å². The maximum Gasteiger partial charge on any atom is 0.416 e. The average molecular weight is 525 g/mol. The topological polar surface area (TPSA) is 42.3 Å². The van der Waals surface area contributed by atoms with Gasteiger partial charge in [-0.15, -0.1) is 0 Å². The highest BCUT2D eigenvalue weighted by molar-refractivity contribution is 8.18. The van der Waals surface area contributed by atoms with Gasteiger partial charge >= 0.3 is 6.18 Å². The Balaban J connectivity index is 1.64. The Morgan fingerprint density at radius 1 is 1.03 bits per heavy atom. The summed E-state index contributed by atoms with van der Waals surface area (Å²) < 4.78 is 41.2. The lowest BCUT2D eigenvalue weighted by Gasteiger charge is -2.13. The number of aromatic nitrogens is 1. The molecule has 1 aliphatic rings. The second-order valence-electron chi connectivity index (χ2n) is 7.71. The number of carbonyl (C=O) groups is 2. The molecule has 4 nitrogen and oxygen atoms in total. The molecule has 0 atom stereocenters. The van der Waals surface area contributed by atoms with Gasteiger partial charge in [-0.05, 0) is 79.2 Å². The van der Waals surface area contributed by atoms with Crippen LogP contribution in [0.4, 0.5) is 18.0 Å². The molecule has 1 aromatic heterocycles. The van der Waals surface area contributed by atoms with Crippen LogP contribution < -0.4 is 0 Å². The van der Waals surface area contributed by atoms with Crippen molar-refractivity contribution in [2.45, 2.75) is 26.6 Å². The smallest absolute Gasteiger partial charge is 0.318 e. The van der Waals surface area contributed by atoms with E-state index < -0.39 is 22.9 Å². The Hall–Kier alpha value is -2.68. The predicted molar refractivity (Wildman–Crippen MR) is 128 cm³/mol. The Morgan fingerprint density at radius 2 is 1.76 bits per heavy atom. The minimum atomic E-state index is -4.46. The molecule has 0 radical (unpaired) electrons. The van der Waals surface area contributed by atoms with E-state index in [1.165, 1.54) is 12.1 Å². The number of halogens is 5. The van der Waals surface area contributed by atoms with E-state index in [-0.39, 0.29) is 11.4 Å². The standard InChI is InChI=1S/C24H17Cl2F3N2O2S/c1-13-8-16(14(2)31(13)19-5-3-4-17(10-19)24(27,28)29)9-21-22(32)30(23(33)34-21)12-15-6-7-18(25)11-20(15)26/h3-11H,12H2,1-2H3. The third-order valence-electron chi connectivity index (χ3n) is 5.41. The Kier molecular flexibility index (Phi) is 6.59. The molecular weight excluding hydrogens is 508 g/mol. The summed E-state index contributed by atoms with van der Waals surface area (Å²) in [5.41, 5.74) is 2.15. The summed E-state index contributed by atoms with van der Waals surface area (Å²) in [4.78, 5) is 26.8. The van der Waals surface area contributed by atoms with Crippen molar-refractivity contribution in [1.82, 2.24) is 9.47 Å². The van der Waals surface area contributed by atoms with E-state index in [4.69, 9.17) is 23.2 Å². The maximum atomic E-state index is 13.2. The molecule has 2 heterocycles. The summed E-state index contributed by atoms with van der Waals surface area (Å²) in [6.07, 6.45) is -2.87. The molecule has 2 aromatic carbocycles. The number of nitrogens with zero attached hydrogens (tertiary/aromatic N) is 2. The zero-order valence-corrected chi connectivity index (χ0v) is 20.2. The number of alkyl halides is 3. The molecule has 34 heavy (non-hydrogen) atoms. The van der Waals surface area contributed by atoms with Crippen LogP contribution in [0, 0.1) is 13.8 Å². The highest BCUT2D eigenvalue weighted by atomic mass is 35.5.